The molecule has 5 rings (SSSR count). The number of rotatable bonds is 9. The lowest BCUT2D eigenvalue weighted by Crippen LogP contribution is -2.22. The first kappa shape index (κ1) is 23.0. The van der Waals surface area contributed by atoms with Crippen LogP contribution in [-0.2, 0) is 6.54 Å². The Morgan fingerprint density at radius 3 is 2.33 bits per heavy atom. The van der Waals surface area contributed by atoms with E-state index in [-0.39, 0.29) is 11.7 Å². The van der Waals surface area contributed by atoms with Crippen LogP contribution in [0.4, 0.5) is 4.39 Å². The van der Waals surface area contributed by atoms with E-state index >= 15 is 0 Å². The van der Waals surface area contributed by atoms with Crippen molar-refractivity contribution in [2.75, 3.05) is 13.2 Å². The summed E-state index contributed by atoms with van der Waals surface area (Å²) in [5, 5.41) is 2.91. The van der Waals surface area contributed by atoms with Crippen LogP contribution in [0.15, 0.2) is 97.6 Å². The Bertz CT molecular complexity index is 1450. The highest BCUT2D eigenvalue weighted by Crippen LogP contribution is 2.22. The van der Waals surface area contributed by atoms with Crippen LogP contribution in [0.5, 0.6) is 11.5 Å². The number of benzene rings is 3. The third-order valence-corrected chi connectivity index (χ3v) is 5.53. The van der Waals surface area contributed by atoms with Crippen molar-refractivity contribution < 1.29 is 18.7 Å². The number of hydrogen-bond acceptors (Lipinski definition) is 5. The zero-order valence-corrected chi connectivity index (χ0v) is 19.3. The number of amides is 1. The first-order valence-electron chi connectivity index (χ1n) is 11.4. The molecule has 7 nitrogen and oxygen atoms in total. The lowest BCUT2D eigenvalue weighted by molar-refractivity contribution is 0.0951. The molecule has 1 N–H and O–H groups in total. The molecule has 5 aromatic rings. The zero-order valence-electron chi connectivity index (χ0n) is 19.3. The van der Waals surface area contributed by atoms with Gasteiger partial charge in [-0.3, -0.25) is 14.3 Å². The molecule has 3 aromatic carbocycles. The molecule has 2 heterocycles. The largest absolute Gasteiger partial charge is 0.490 e. The number of carbonyl (C=O) groups is 1. The summed E-state index contributed by atoms with van der Waals surface area (Å²) < 4.78 is 26.2. The average Bonchev–Trinajstić information content (AvgIpc) is 3.35. The number of nitrogens with zero attached hydrogens (tertiary/aromatic N) is 3. The van der Waals surface area contributed by atoms with Gasteiger partial charge < -0.3 is 14.8 Å². The number of hydrogen-bond donors (Lipinski definition) is 1. The van der Waals surface area contributed by atoms with Crippen molar-refractivity contribution in [3.8, 4) is 17.2 Å². The second-order valence-electron chi connectivity index (χ2n) is 8.01. The number of aromatic nitrogens is 3. The third-order valence-electron chi connectivity index (χ3n) is 5.53. The Morgan fingerprint density at radius 1 is 0.917 bits per heavy atom. The molecular formula is C28H23FN4O3. The summed E-state index contributed by atoms with van der Waals surface area (Å²) in [6.07, 6.45) is 5.15. The van der Waals surface area contributed by atoms with Gasteiger partial charge >= 0.3 is 0 Å². The molecule has 8 heteroatoms. The van der Waals surface area contributed by atoms with E-state index in [0.29, 0.717) is 36.8 Å². The van der Waals surface area contributed by atoms with E-state index in [1.807, 2.05) is 47.0 Å². The minimum atomic E-state index is -0.299. The summed E-state index contributed by atoms with van der Waals surface area (Å²) in [6, 6.07) is 22.7. The fraction of sp³-hybridized carbons (Fsp3) is 0.107. The molecule has 36 heavy (non-hydrogen) atoms. The van der Waals surface area contributed by atoms with Crippen molar-refractivity contribution in [2.24, 2.45) is 0 Å². The molecule has 0 spiro atoms. The second kappa shape index (κ2) is 10.7. The fourth-order valence-corrected chi connectivity index (χ4v) is 3.70. The summed E-state index contributed by atoms with van der Waals surface area (Å²) in [5.74, 6) is 0.835. The number of pyridine rings is 1. The van der Waals surface area contributed by atoms with Gasteiger partial charge in [-0.15, -0.1) is 0 Å². The summed E-state index contributed by atoms with van der Waals surface area (Å²) in [5.41, 5.74) is 4.01. The van der Waals surface area contributed by atoms with Crippen molar-refractivity contribution in [3.63, 3.8) is 0 Å². The normalized spacial score (nSPS) is 10.8. The number of halogens is 1. The first-order chi connectivity index (χ1) is 17.7. The predicted octanol–water partition coefficient (Wildman–Crippen LogP) is 4.95. The second-order valence-corrected chi connectivity index (χ2v) is 8.01. The van der Waals surface area contributed by atoms with Crippen LogP contribution < -0.4 is 14.8 Å². The maximum atomic E-state index is 12.9. The van der Waals surface area contributed by atoms with E-state index in [1.54, 1.807) is 43.0 Å². The fourth-order valence-electron chi connectivity index (χ4n) is 3.70. The van der Waals surface area contributed by atoms with E-state index in [9.17, 15) is 9.18 Å². The molecule has 0 aliphatic heterocycles. The average molecular weight is 483 g/mol. The van der Waals surface area contributed by atoms with E-state index in [2.05, 4.69) is 15.3 Å². The van der Waals surface area contributed by atoms with Gasteiger partial charge in [0.05, 0.1) is 11.0 Å². The van der Waals surface area contributed by atoms with Gasteiger partial charge in [0.25, 0.3) is 5.91 Å². The first-order valence-corrected chi connectivity index (χ1v) is 11.4. The van der Waals surface area contributed by atoms with Crippen LogP contribution >= 0.6 is 0 Å². The number of nitrogens with one attached hydrogen (secondary N) is 1. The molecule has 0 fully saturated rings. The lowest BCUT2D eigenvalue weighted by Gasteiger charge is -2.10. The molecule has 0 unspecified atom stereocenters. The van der Waals surface area contributed by atoms with Crippen LogP contribution in [0.2, 0.25) is 0 Å². The standard InChI is InChI=1S/C28H23FN4O3/c29-22-4-8-24(9-5-22)35-14-15-36-25-10-6-23(7-11-25)33-19-32-26-16-21(3-12-27(26)33)28(34)31-18-20-2-1-13-30-17-20/h1-13,16-17,19H,14-15,18H2,(H,31,34). The van der Waals surface area contributed by atoms with Crippen molar-refractivity contribution >= 4 is 16.9 Å². The Labute approximate surface area is 207 Å². The van der Waals surface area contributed by atoms with E-state index < -0.39 is 0 Å². The van der Waals surface area contributed by atoms with Crippen molar-refractivity contribution in [1.82, 2.24) is 19.9 Å². The predicted molar refractivity (Wildman–Crippen MR) is 134 cm³/mol. The smallest absolute Gasteiger partial charge is 0.251 e. The highest BCUT2D eigenvalue weighted by atomic mass is 19.1. The van der Waals surface area contributed by atoms with Gasteiger partial charge in [-0.25, -0.2) is 9.37 Å². The summed E-state index contributed by atoms with van der Waals surface area (Å²) in [4.78, 5) is 21.1. The molecule has 0 radical (unpaired) electrons. The molecule has 180 valence electrons. The van der Waals surface area contributed by atoms with E-state index in [0.717, 1.165) is 22.3 Å². The van der Waals surface area contributed by atoms with E-state index in [1.165, 1.54) is 12.1 Å². The van der Waals surface area contributed by atoms with Crippen LogP contribution in [0, 0.1) is 5.82 Å². The number of carbonyl (C=O) groups excluding carboxylic acids is 1. The number of fused-ring (bicyclic) bond motifs is 1. The van der Waals surface area contributed by atoms with Gasteiger partial charge in [-0.1, -0.05) is 6.07 Å². The highest BCUT2D eigenvalue weighted by Gasteiger charge is 2.10. The highest BCUT2D eigenvalue weighted by molar-refractivity contribution is 5.97. The quantitative estimate of drug-likeness (QED) is 0.301. The van der Waals surface area contributed by atoms with Gasteiger partial charge in [-0.05, 0) is 78.4 Å². The molecular weight excluding hydrogens is 459 g/mol. The van der Waals surface area contributed by atoms with Gasteiger partial charge in [-0.2, -0.15) is 0 Å². The minimum absolute atomic E-state index is 0.166. The molecule has 0 aliphatic carbocycles. The zero-order chi connectivity index (χ0) is 24.7. The maximum Gasteiger partial charge on any atom is 0.251 e. The van der Waals surface area contributed by atoms with Crippen LogP contribution in [0.1, 0.15) is 15.9 Å². The Morgan fingerprint density at radius 2 is 1.64 bits per heavy atom. The van der Waals surface area contributed by atoms with Crippen molar-refractivity contribution in [2.45, 2.75) is 6.54 Å². The topological polar surface area (TPSA) is 78.3 Å². The molecule has 0 bridgehead atoms. The molecule has 0 aliphatic rings. The minimum Gasteiger partial charge on any atom is -0.490 e. The lowest BCUT2D eigenvalue weighted by atomic mass is 10.1. The van der Waals surface area contributed by atoms with Crippen LogP contribution in [0.25, 0.3) is 16.7 Å². The Balaban J connectivity index is 1.18. The van der Waals surface area contributed by atoms with Gasteiger partial charge in [0.2, 0.25) is 0 Å². The Kier molecular flexibility index (Phi) is 6.84. The summed E-state index contributed by atoms with van der Waals surface area (Å²) in [7, 11) is 0. The third kappa shape index (κ3) is 5.50. The number of imidazole rings is 1. The van der Waals surface area contributed by atoms with Gasteiger partial charge in [0, 0.05) is 30.2 Å². The molecule has 0 saturated heterocycles. The Hall–Kier alpha value is -4.72. The molecule has 1 amide bonds. The molecule has 0 saturated carbocycles. The van der Waals surface area contributed by atoms with Crippen LogP contribution in [0.3, 0.4) is 0 Å². The monoisotopic (exact) mass is 482 g/mol. The SMILES string of the molecule is O=C(NCc1cccnc1)c1ccc2c(c1)ncn2-c1ccc(OCCOc2ccc(F)cc2)cc1. The maximum absolute atomic E-state index is 12.9. The van der Waals surface area contributed by atoms with Crippen molar-refractivity contribution in [3.05, 3.63) is 115 Å². The van der Waals surface area contributed by atoms with Gasteiger partial charge in [0.1, 0.15) is 36.9 Å². The summed E-state index contributed by atoms with van der Waals surface area (Å²) in [6.45, 7) is 1.11. The van der Waals surface area contributed by atoms with Crippen LogP contribution in [-0.4, -0.2) is 33.7 Å². The molecule has 2 aromatic heterocycles. The van der Waals surface area contributed by atoms with Gasteiger partial charge in [0.15, 0.2) is 0 Å². The number of ether oxygens (including phenoxy) is 2. The summed E-state index contributed by atoms with van der Waals surface area (Å²) >= 11 is 0. The van der Waals surface area contributed by atoms with Crippen molar-refractivity contribution in [1.29, 1.82) is 0 Å². The van der Waals surface area contributed by atoms with E-state index in [4.69, 9.17) is 9.47 Å². The molecule has 0 atom stereocenters.